The van der Waals surface area contributed by atoms with Crippen molar-refractivity contribution >= 4 is 0 Å². The van der Waals surface area contributed by atoms with Crippen LogP contribution in [0.15, 0.2) is 10.8 Å². The molecule has 0 aliphatic carbocycles. The lowest BCUT2D eigenvalue weighted by Crippen LogP contribution is -2.44. The molecule has 4 nitrogen and oxygen atoms in total. The van der Waals surface area contributed by atoms with Gasteiger partial charge in [0.25, 0.3) is 0 Å². The van der Waals surface area contributed by atoms with Crippen molar-refractivity contribution < 1.29 is 4.42 Å². The van der Waals surface area contributed by atoms with Gasteiger partial charge in [-0.15, -0.1) is 0 Å². The number of fused-ring (bicyclic) bond motifs is 1. The molecular weight excluding hydrogens is 214 g/mol. The fraction of sp³-hybridized carbons (Fsp3) is 0.769. The molecular formula is C13H21N3O. The van der Waals surface area contributed by atoms with E-state index in [1.54, 1.807) is 6.39 Å². The smallest absolute Gasteiger partial charge is 0.181 e. The van der Waals surface area contributed by atoms with E-state index in [1.807, 2.05) is 6.92 Å². The third-order valence-electron chi connectivity index (χ3n) is 4.70. The van der Waals surface area contributed by atoms with Crippen LogP contribution in [0.3, 0.4) is 0 Å². The molecule has 3 rings (SSSR count). The van der Waals surface area contributed by atoms with E-state index in [0.717, 1.165) is 36.4 Å². The van der Waals surface area contributed by atoms with Crippen molar-refractivity contribution in [2.75, 3.05) is 19.6 Å². The second-order valence-electron chi connectivity index (χ2n) is 5.91. The standard InChI is InChI=1S/C13H21N3O/c1-9-12(15-8-17-9)7-16-6-10-4-14-5-11(10)13(16,2)3/h8,10-11,14H,4-7H2,1-3H3. The molecule has 1 aromatic heterocycles. The van der Waals surface area contributed by atoms with Crippen molar-refractivity contribution in [3.8, 4) is 0 Å². The highest BCUT2D eigenvalue weighted by molar-refractivity contribution is 5.10. The summed E-state index contributed by atoms with van der Waals surface area (Å²) in [5, 5.41) is 3.51. The minimum absolute atomic E-state index is 0.263. The Labute approximate surface area is 102 Å². The number of aromatic nitrogens is 1. The first kappa shape index (κ1) is 11.2. The topological polar surface area (TPSA) is 41.3 Å². The van der Waals surface area contributed by atoms with Crippen molar-refractivity contribution in [1.29, 1.82) is 0 Å². The van der Waals surface area contributed by atoms with Gasteiger partial charge in [-0.3, -0.25) is 4.90 Å². The molecule has 0 bridgehead atoms. The Balaban J connectivity index is 1.79. The lowest BCUT2D eigenvalue weighted by atomic mass is 9.85. The lowest BCUT2D eigenvalue weighted by molar-refractivity contribution is 0.130. The zero-order chi connectivity index (χ0) is 12.0. The van der Waals surface area contributed by atoms with Crippen LogP contribution in [0.4, 0.5) is 0 Å². The average Bonchev–Trinajstić information content (AvgIpc) is 2.91. The summed E-state index contributed by atoms with van der Waals surface area (Å²) in [7, 11) is 0. The second-order valence-corrected chi connectivity index (χ2v) is 5.91. The highest BCUT2D eigenvalue weighted by Gasteiger charge is 2.49. The fourth-order valence-corrected chi connectivity index (χ4v) is 3.43. The van der Waals surface area contributed by atoms with Gasteiger partial charge in [0.1, 0.15) is 5.76 Å². The van der Waals surface area contributed by atoms with E-state index < -0.39 is 0 Å². The lowest BCUT2D eigenvalue weighted by Gasteiger charge is -2.35. The molecule has 0 spiro atoms. The van der Waals surface area contributed by atoms with Crippen molar-refractivity contribution in [2.45, 2.75) is 32.9 Å². The molecule has 2 aliphatic heterocycles. The Morgan fingerprint density at radius 1 is 1.53 bits per heavy atom. The molecule has 2 atom stereocenters. The van der Waals surface area contributed by atoms with Gasteiger partial charge in [-0.25, -0.2) is 4.98 Å². The molecule has 2 unspecified atom stereocenters. The number of nitrogens with one attached hydrogen (secondary N) is 1. The molecule has 94 valence electrons. The number of oxazole rings is 1. The zero-order valence-electron chi connectivity index (χ0n) is 10.9. The molecule has 4 heteroatoms. The van der Waals surface area contributed by atoms with E-state index in [1.165, 1.54) is 13.1 Å². The summed E-state index contributed by atoms with van der Waals surface area (Å²) in [4.78, 5) is 6.88. The summed E-state index contributed by atoms with van der Waals surface area (Å²) >= 11 is 0. The summed E-state index contributed by atoms with van der Waals surface area (Å²) < 4.78 is 5.29. The van der Waals surface area contributed by atoms with Crippen LogP contribution in [-0.4, -0.2) is 35.1 Å². The van der Waals surface area contributed by atoms with Crippen LogP contribution in [0.25, 0.3) is 0 Å². The maximum atomic E-state index is 5.29. The average molecular weight is 235 g/mol. The third-order valence-corrected chi connectivity index (χ3v) is 4.70. The van der Waals surface area contributed by atoms with Crippen molar-refractivity contribution in [2.24, 2.45) is 11.8 Å². The normalized spacial score (nSPS) is 31.9. The minimum Gasteiger partial charge on any atom is -0.448 e. The van der Waals surface area contributed by atoms with Gasteiger partial charge in [0.2, 0.25) is 0 Å². The molecule has 2 fully saturated rings. The SMILES string of the molecule is Cc1ocnc1CN1CC2CNCC2C1(C)C. The number of nitrogens with zero attached hydrogens (tertiary/aromatic N) is 2. The first-order valence-electron chi connectivity index (χ1n) is 6.44. The van der Waals surface area contributed by atoms with Crippen LogP contribution in [0.1, 0.15) is 25.3 Å². The predicted molar refractivity (Wildman–Crippen MR) is 65.6 cm³/mol. The van der Waals surface area contributed by atoms with Crippen molar-refractivity contribution in [3.63, 3.8) is 0 Å². The van der Waals surface area contributed by atoms with Crippen LogP contribution < -0.4 is 5.32 Å². The molecule has 1 N–H and O–H groups in total. The molecule has 17 heavy (non-hydrogen) atoms. The Morgan fingerprint density at radius 3 is 3.00 bits per heavy atom. The third kappa shape index (κ3) is 1.70. The molecule has 0 saturated carbocycles. The Kier molecular flexibility index (Phi) is 2.52. The van der Waals surface area contributed by atoms with E-state index in [9.17, 15) is 0 Å². The van der Waals surface area contributed by atoms with Gasteiger partial charge in [-0.2, -0.15) is 0 Å². The Bertz CT molecular complexity index is 413. The molecule has 3 heterocycles. The van der Waals surface area contributed by atoms with E-state index in [-0.39, 0.29) is 5.54 Å². The molecule has 0 amide bonds. The molecule has 1 aromatic rings. The summed E-state index contributed by atoms with van der Waals surface area (Å²) in [6.07, 6.45) is 1.55. The van der Waals surface area contributed by atoms with Crippen molar-refractivity contribution in [1.82, 2.24) is 15.2 Å². The number of likely N-dealkylation sites (tertiary alicyclic amines) is 1. The number of aryl methyl sites for hydroxylation is 1. The number of rotatable bonds is 2. The largest absolute Gasteiger partial charge is 0.448 e. The van der Waals surface area contributed by atoms with Crippen LogP contribution in [0.2, 0.25) is 0 Å². The maximum absolute atomic E-state index is 5.29. The maximum Gasteiger partial charge on any atom is 0.181 e. The Morgan fingerprint density at radius 2 is 2.35 bits per heavy atom. The van der Waals surface area contributed by atoms with Crippen LogP contribution >= 0.6 is 0 Å². The van der Waals surface area contributed by atoms with E-state index in [0.29, 0.717) is 0 Å². The fourth-order valence-electron chi connectivity index (χ4n) is 3.43. The van der Waals surface area contributed by atoms with Gasteiger partial charge in [0.15, 0.2) is 6.39 Å². The quantitative estimate of drug-likeness (QED) is 0.841. The summed E-state index contributed by atoms with van der Waals surface area (Å²) in [6, 6.07) is 0. The first-order chi connectivity index (χ1) is 8.09. The predicted octanol–water partition coefficient (Wildman–Crippen LogP) is 1.41. The number of hydrogen-bond acceptors (Lipinski definition) is 4. The van der Waals surface area contributed by atoms with Crippen LogP contribution in [0, 0.1) is 18.8 Å². The molecule has 0 radical (unpaired) electrons. The van der Waals surface area contributed by atoms with Gasteiger partial charge in [-0.1, -0.05) is 0 Å². The van der Waals surface area contributed by atoms with Crippen LogP contribution in [0.5, 0.6) is 0 Å². The van der Waals surface area contributed by atoms with Crippen LogP contribution in [-0.2, 0) is 6.54 Å². The monoisotopic (exact) mass is 235 g/mol. The van der Waals surface area contributed by atoms with Crippen molar-refractivity contribution in [3.05, 3.63) is 17.8 Å². The molecule has 2 aliphatic rings. The van der Waals surface area contributed by atoms with E-state index in [4.69, 9.17) is 4.42 Å². The second kappa shape index (κ2) is 3.82. The van der Waals surface area contributed by atoms with Gasteiger partial charge < -0.3 is 9.73 Å². The van der Waals surface area contributed by atoms with Gasteiger partial charge in [-0.05, 0) is 39.2 Å². The molecule has 0 aromatic carbocycles. The highest BCUT2D eigenvalue weighted by atomic mass is 16.3. The number of hydrogen-bond donors (Lipinski definition) is 1. The van der Waals surface area contributed by atoms with E-state index in [2.05, 4.69) is 29.0 Å². The summed E-state index contributed by atoms with van der Waals surface area (Å²) in [5.41, 5.74) is 1.35. The summed E-state index contributed by atoms with van der Waals surface area (Å²) in [5.74, 6) is 2.53. The minimum atomic E-state index is 0.263. The zero-order valence-corrected chi connectivity index (χ0v) is 10.9. The van der Waals surface area contributed by atoms with Gasteiger partial charge in [0, 0.05) is 25.2 Å². The van der Waals surface area contributed by atoms with Gasteiger partial charge in [0.05, 0.1) is 5.69 Å². The van der Waals surface area contributed by atoms with E-state index >= 15 is 0 Å². The highest BCUT2D eigenvalue weighted by Crippen LogP contribution is 2.41. The van der Waals surface area contributed by atoms with Gasteiger partial charge >= 0.3 is 0 Å². The first-order valence-corrected chi connectivity index (χ1v) is 6.44. The molecule has 2 saturated heterocycles. The summed E-state index contributed by atoms with van der Waals surface area (Å²) in [6.45, 7) is 11.1. The Hall–Kier alpha value is -0.870.